The SMILES string of the molecule is CCCc1noc(C(C)OC(=O)c2cn(Cc3ccccc3)nn2)n1. The number of benzene rings is 1. The quantitative estimate of drug-likeness (QED) is 0.609. The molecule has 0 saturated heterocycles. The molecule has 0 aliphatic heterocycles. The molecule has 0 amide bonds. The summed E-state index contributed by atoms with van der Waals surface area (Å²) in [6.45, 7) is 4.23. The summed E-state index contributed by atoms with van der Waals surface area (Å²) in [6.07, 6.45) is 2.54. The van der Waals surface area contributed by atoms with Crippen LogP contribution in [0, 0.1) is 0 Å². The number of carbonyl (C=O) groups excluding carboxylic acids is 1. The third-order valence-corrected chi connectivity index (χ3v) is 3.52. The molecule has 1 atom stereocenters. The van der Waals surface area contributed by atoms with Gasteiger partial charge < -0.3 is 9.26 Å². The molecule has 3 aromatic rings. The fourth-order valence-corrected chi connectivity index (χ4v) is 2.27. The summed E-state index contributed by atoms with van der Waals surface area (Å²) in [4.78, 5) is 16.4. The highest BCUT2D eigenvalue weighted by Crippen LogP contribution is 2.16. The second-order valence-electron chi connectivity index (χ2n) is 5.63. The fraction of sp³-hybridized carbons (Fsp3) is 0.353. The molecule has 8 heteroatoms. The Morgan fingerprint density at radius 2 is 2.12 bits per heavy atom. The molecule has 1 unspecified atom stereocenters. The van der Waals surface area contributed by atoms with Crippen molar-refractivity contribution < 1.29 is 14.1 Å². The van der Waals surface area contributed by atoms with Crippen LogP contribution in [0.3, 0.4) is 0 Å². The van der Waals surface area contributed by atoms with Crippen molar-refractivity contribution in [3.63, 3.8) is 0 Å². The van der Waals surface area contributed by atoms with Crippen LogP contribution in [0.4, 0.5) is 0 Å². The van der Waals surface area contributed by atoms with E-state index in [1.165, 1.54) is 0 Å². The molecular weight excluding hydrogens is 322 g/mol. The summed E-state index contributed by atoms with van der Waals surface area (Å²) in [5.41, 5.74) is 1.20. The van der Waals surface area contributed by atoms with Gasteiger partial charge in [-0.05, 0) is 18.9 Å². The Morgan fingerprint density at radius 1 is 1.32 bits per heavy atom. The van der Waals surface area contributed by atoms with Crippen molar-refractivity contribution in [2.75, 3.05) is 0 Å². The second-order valence-corrected chi connectivity index (χ2v) is 5.63. The van der Waals surface area contributed by atoms with Gasteiger partial charge in [-0.25, -0.2) is 9.48 Å². The minimum Gasteiger partial charge on any atom is -0.448 e. The van der Waals surface area contributed by atoms with Gasteiger partial charge in [0.2, 0.25) is 0 Å². The van der Waals surface area contributed by atoms with Gasteiger partial charge in [0, 0.05) is 6.42 Å². The topological polar surface area (TPSA) is 95.9 Å². The largest absolute Gasteiger partial charge is 0.448 e. The van der Waals surface area contributed by atoms with Crippen molar-refractivity contribution in [1.82, 2.24) is 25.1 Å². The highest BCUT2D eigenvalue weighted by Gasteiger charge is 2.21. The fourth-order valence-electron chi connectivity index (χ4n) is 2.27. The van der Waals surface area contributed by atoms with E-state index in [2.05, 4.69) is 20.5 Å². The molecule has 0 aliphatic rings. The number of carbonyl (C=O) groups is 1. The Morgan fingerprint density at radius 3 is 2.88 bits per heavy atom. The molecule has 2 heterocycles. The molecule has 8 nitrogen and oxygen atoms in total. The maximum Gasteiger partial charge on any atom is 0.361 e. The zero-order valence-corrected chi connectivity index (χ0v) is 14.1. The molecule has 0 aliphatic carbocycles. The van der Waals surface area contributed by atoms with E-state index in [-0.39, 0.29) is 11.6 Å². The average molecular weight is 341 g/mol. The van der Waals surface area contributed by atoms with Gasteiger partial charge in [-0.3, -0.25) is 0 Å². The number of hydrogen-bond donors (Lipinski definition) is 0. The third kappa shape index (κ3) is 4.28. The van der Waals surface area contributed by atoms with Crippen LogP contribution in [0.15, 0.2) is 41.1 Å². The first-order chi connectivity index (χ1) is 12.2. The molecule has 130 valence electrons. The first-order valence-corrected chi connectivity index (χ1v) is 8.13. The molecule has 3 rings (SSSR count). The number of ether oxygens (including phenoxy) is 1. The Bertz CT molecular complexity index is 828. The Labute approximate surface area is 144 Å². The van der Waals surface area contributed by atoms with Crippen LogP contribution in [0.5, 0.6) is 0 Å². The number of esters is 1. The van der Waals surface area contributed by atoms with E-state index in [0.717, 1.165) is 18.4 Å². The Hall–Kier alpha value is -3.03. The Kier molecular flexibility index (Phi) is 5.17. The van der Waals surface area contributed by atoms with Gasteiger partial charge in [-0.1, -0.05) is 47.6 Å². The summed E-state index contributed by atoms with van der Waals surface area (Å²) in [5, 5.41) is 11.7. The smallest absolute Gasteiger partial charge is 0.361 e. The first-order valence-electron chi connectivity index (χ1n) is 8.13. The van der Waals surface area contributed by atoms with Crippen LogP contribution >= 0.6 is 0 Å². The van der Waals surface area contributed by atoms with Crippen LogP contribution in [-0.2, 0) is 17.7 Å². The number of nitrogens with zero attached hydrogens (tertiary/aromatic N) is 5. The van der Waals surface area contributed by atoms with Gasteiger partial charge >= 0.3 is 5.97 Å². The predicted octanol–water partition coefficient (Wildman–Crippen LogP) is 2.58. The van der Waals surface area contributed by atoms with E-state index in [1.54, 1.807) is 17.8 Å². The molecule has 25 heavy (non-hydrogen) atoms. The van der Waals surface area contributed by atoms with Crippen LogP contribution < -0.4 is 0 Å². The van der Waals surface area contributed by atoms with Crippen LogP contribution in [0.1, 0.15) is 54.1 Å². The summed E-state index contributed by atoms with van der Waals surface area (Å²) >= 11 is 0. The molecule has 0 bridgehead atoms. The van der Waals surface area contributed by atoms with Crippen LogP contribution in [-0.4, -0.2) is 31.1 Å². The third-order valence-electron chi connectivity index (χ3n) is 3.52. The maximum absolute atomic E-state index is 12.2. The number of hydrogen-bond acceptors (Lipinski definition) is 7. The van der Waals surface area contributed by atoms with Crippen molar-refractivity contribution in [2.24, 2.45) is 0 Å². The molecule has 1 aromatic carbocycles. The lowest BCUT2D eigenvalue weighted by Crippen LogP contribution is -2.10. The van der Waals surface area contributed by atoms with E-state index in [0.29, 0.717) is 12.4 Å². The van der Waals surface area contributed by atoms with E-state index in [4.69, 9.17) is 9.26 Å². The number of aryl methyl sites for hydroxylation is 1. The van der Waals surface area contributed by atoms with Crippen molar-refractivity contribution in [1.29, 1.82) is 0 Å². The highest BCUT2D eigenvalue weighted by molar-refractivity contribution is 5.86. The first kappa shape index (κ1) is 16.8. The van der Waals surface area contributed by atoms with Gasteiger partial charge in [-0.15, -0.1) is 5.10 Å². The molecular formula is C17H19N5O3. The molecule has 2 aromatic heterocycles. The van der Waals surface area contributed by atoms with Crippen molar-refractivity contribution in [3.8, 4) is 0 Å². The van der Waals surface area contributed by atoms with Crippen LogP contribution in [0.25, 0.3) is 0 Å². The zero-order valence-electron chi connectivity index (χ0n) is 14.1. The van der Waals surface area contributed by atoms with Crippen LogP contribution in [0.2, 0.25) is 0 Å². The monoisotopic (exact) mass is 341 g/mol. The number of aromatic nitrogens is 5. The molecule has 0 fully saturated rings. The average Bonchev–Trinajstić information content (AvgIpc) is 3.26. The van der Waals surface area contributed by atoms with E-state index in [1.807, 2.05) is 37.3 Å². The zero-order chi connectivity index (χ0) is 17.6. The van der Waals surface area contributed by atoms with Gasteiger partial charge in [0.1, 0.15) is 0 Å². The van der Waals surface area contributed by atoms with E-state index in [9.17, 15) is 4.79 Å². The lowest BCUT2D eigenvalue weighted by atomic mass is 10.2. The van der Waals surface area contributed by atoms with E-state index >= 15 is 0 Å². The van der Waals surface area contributed by atoms with Gasteiger partial charge in [0.25, 0.3) is 5.89 Å². The summed E-state index contributed by atoms with van der Waals surface area (Å²) < 4.78 is 12.0. The molecule has 0 radical (unpaired) electrons. The lowest BCUT2D eigenvalue weighted by Gasteiger charge is -2.06. The summed E-state index contributed by atoms with van der Waals surface area (Å²) in [7, 11) is 0. The second kappa shape index (κ2) is 7.69. The molecule has 0 spiro atoms. The standard InChI is InChI=1S/C17H19N5O3/c1-3-7-15-18-16(25-20-15)12(2)24-17(23)14-11-22(21-19-14)10-13-8-5-4-6-9-13/h4-6,8-9,11-12H,3,7,10H2,1-2H3. The minimum atomic E-state index is -0.648. The lowest BCUT2D eigenvalue weighted by molar-refractivity contribution is 0.0258. The maximum atomic E-state index is 12.2. The molecule has 0 saturated carbocycles. The van der Waals surface area contributed by atoms with Gasteiger partial charge in [0.15, 0.2) is 17.6 Å². The van der Waals surface area contributed by atoms with Crippen molar-refractivity contribution >= 4 is 5.97 Å². The van der Waals surface area contributed by atoms with Gasteiger partial charge in [0.05, 0.1) is 12.7 Å². The van der Waals surface area contributed by atoms with E-state index < -0.39 is 12.1 Å². The predicted molar refractivity (Wildman–Crippen MR) is 87.7 cm³/mol. The Balaban J connectivity index is 1.61. The minimum absolute atomic E-state index is 0.135. The normalized spacial score (nSPS) is 12.1. The molecule has 0 N–H and O–H groups in total. The summed E-state index contributed by atoms with van der Waals surface area (Å²) in [6, 6.07) is 9.79. The van der Waals surface area contributed by atoms with Gasteiger partial charge in [-0.2, -0.15) is 4.98 Å². The summed E-state index contributed by atoms with van der Waals surface area (Å²) in [5.74, 6) is 0.296. The van der Waals surface area contributed by atoms with Crippen molar-refractivity contribution in [3.05, 3.63) is 59.5 Å². The van der Waals surface area contributed by atoms with Crippen molar-refractivity contribution in [2.45, 2.75) is 39.3 Å². The highest BCUT2D eigenvalue weighted by atomic mass is 16.6. The number of rotatable bonds is 7.